The molecule has 27 heavy (non-hydrogen) atoms. The lowest BCUT2D eigenvalue weighted by Crippen LogP contribution is -2.42. The molecule has 3 heterocycles. The maximum atomic E-state index is 13.3. The first kappa shape index (κ1) is 17.9. The topological polar surface area (TPSA) is 25.2 Å². The molecule has 0 radical (unpaired) electrons. The van der Waals surface area contributed by atoms with Crippen LogP contribution >= 0.6 is 11.3 Å². The Kier molecular flexibility index (Phi) is 4.34. The fraction of sp³-hybridized carbons (Fsp3) is 0.250. The summed E-state index contributed by atoms with van der Waals surface area (Å²) in [5, 5.41) is 1.94. The maximum Gasteiger partial charge on any atom is 0.416 e. The molecule has 0 saturated heterocycles. The number of rotatable bonds is 2. The number of aryl methyl sites for hydroxylation is 1. The minimum atomic E-state index is -4.48. The van der Waals surface area contributed by atoms with Crippen LogP contribution in [-0.2, 0) is 12.7 Å². The number of carbonyl (C=O) groups excluding carboxylic acids is 1. The fourth-order valence-corrected chi connectivity index (χ4v) is 4.42. The number of thiophene rings is 1. The van der Waals surface area contributed by atoms with Gasteiger partial charge in [0.25, 0.3) is 5.91 Å². The summed E-state index contributed by atoms with van der Waals surface area (Å²) in [6.07, 6.45) is -2.52. The molecule has 4 rings (SSSR count). The van der Waals surface area contributed by atoms with E-state index >= 15 is 0 Å². The predicted octanol–water partition coefficient (Wildman–Crippen LogP) is 5.12. The first-order valence-electron chi connectivity index (χ1n) is 8.53. The zero-order valence-electron chi connectivity index (χ0n) is 14.5. The van der Waals surface area contributed by atoms with Crippen LogP contribution in [-0.4, -0.2) is 21.9 Å². The minimum absolute atomic E-state index is 0.0643. The van der Waals surface area contributed by atoms with E-state index in [1.807, 2.05) is 35.8 Å². The first-order chi connectivity index (χ1) is 12.9. The van der Waals surface area contributed by atoms with Gasteiger partial charge in [-0.05, 0) is 48.2 Å². The van der Waals surface area contributed by atoms with Crippen molar-refractivity contribution in [3.63, 3.8) is 0 Å². The zero-order valence-corrected chi connectivity index (χ0v) is 15.3. The number of hydrogen-bond acceptors (Lipinski definition) is 2. The molecular formula is C20H17F3N2OS. The molecule has 0 spiro atoms. The highest BCUT2D eigenvalue weighted by Gasteiger charge is 2.36. The molecule has 3 aromatic rings. The number of carbonyl (C=O) groups is 1. The second-order valence-corrected chi connectivity index (χ2v) is 7.55. The normalized spacial score (nSPS) is 17.0. The number of alkyl halides is 3. The van der Waals surface area contributed by atoms with Gasteiger partial charge in [0.15, 0.2) is 0 Å². The van der Waals surface area contributed by atoms with Gasteiger partial charge < -0.3 is 9.47 Å². The Labute approximate surface area is 158 Å². The van der Waals surface area contributed by atoms with E-state index in [0.29, 0.717) is 13.1 Å². The Morgan fingerprint density at radius 2 is 1.96 bits per heavy atom. The standard InChI is InChI=1S/C20H17F3N2OS/c1-13-6-7-14(12-15(13)20(21,22)23)19(26)25-10-9-24-8-2-4-16(24)18(25)17-5-3-11-27-17/h2-8,11-12,18H,9-10H2,1H3/t18-/m1/s1. The highest BCUT2D eigenvalue weighted by Crippen LogP contribution is 2.37. The average Bonchev–Trinajstić information content (AvgIpc) is 3.31. The number of halogens is 3. The number of benzene rings is 1. The summed E-state index contributed by atoms with van der Waals surface area (Å²) in [5.41, 5.74) is 0.387. The van der Waals surface area contributed by atoms with Crippen LogP contribution in [0.3, 0.4) is 0 Å². The summed E-state index contributed by atoms with van der Waals surface area (Å²) in [7, 11) is 0. The molecule has 1 atom stereocenters. The molecule has 7 heteroatoms. The van der Waals surface area contributed by atoms with Crippen molar-refractivity contribution in [1.82, 2.24) is 9.47 Å². The fourth-order valence-electron chi connectivity index (χ4n) is 3.57. The number of hydrogen-bond donors (Lipinski definition) is 0. The number of fused-ring (bicyclic) bond motifs is 1. The monoisotopic (exact) mass is 390 g/mol. The predicted molar refractivity (Wildman–Crippen MR) is 97.8 cm³/mol. The summed E-state index contributed by atoms with van der Waals surface area (Å²) in [4.78, 5) is 15.8. The molecular weight excluding hydrogens is 373 g/mol. The van der Waals surface area contributed by atoms with Crippen LogP contribution in [0.5, 0.6) is 0 Å². The lowest BCUT2D eigenvalue weighted by Gasteiger charge is -2.36. The van der Waals surface area contributed by atoms with Crippen LogP contribution in [0.25, 0.3) is 0 Å². The molecule has 1 amide bonds. The van der Waals surface area contributed by atoms with Crippen LogP contribution < -0.4 is 0 Å². The van der Waals surface area contributed by atoms with Crippen molar-refractivity contribution in [2.24, 2.45) is 0 Å². The van der Waals surface area contributed by atoms with E-state index in [1.54, 1.807) is 4.90 Å². The molecule has 0 unspecified atom stereocenters. The Morgan fingerprint density at radius 1 is 1.15 bits per heavy atom. The molecule has 140 valence electrons. The van der Waals surface area contributed by atoms with Crippen molar-refractivity contribution in [2.75, 3.05) is 6.54 Å². The summed E-state index contributed by atoms with van der Waals surface area (Å²) < 4.78 is 41.9. The molecule has 0 saturated carbocycles. The van der Waals surface area contributed by atoms with Gasteiger partial charge in [0, 0.05) is 35.4 Å². The van der Waals surface area contributed by atoms with Crippen molar-refractivity contribution >= 4 is 17.2 Å². The summed E-state index contributed by atoms with van der Waals surface area (Å²) in [6.45, 7) is 2.46. The highest BCUT2D eigenvalue weighted by molar-refractivity contribution is 7.10. The zero-order chi connectivity index (χ0) is 19.2. The van der Waals surface area contributed by atoms with Gasteiger partial charge in [0.2, 0.25) is 0 Å². The van der Waals surface area contributed by atoms with E-state index in [9.17, 15) is 18.0 Å². The lowest BCUT2D eigenvalue weighted by atomic mass is 10.0. The van der Waals surface area contributed by atoms with Gasteiger partial charge in [-0.3, -0.25) is 4.79 Å². The van der Waals surface area contributed by atoms with E-state index in [0.717, 1.165) is 16.6 Å². The third kappa shape index (κ3) is 3.16. The lowest BCUT2D eigenvalue weighted by molar-refractivity contribution is -0.138. The van der Waals surface area contributed by atoms with E-state index in [2.05, 4.69) is 4.57 Å². The largest absolute Gasteiger partial charge is 0.416 e. The molecule has 0 aliphatic carbocycles. The smallest absolute Gasteiger partial charge is 0.347 e. The van der Waals surface area contributed by atoms with Gasteiger partial charge in [0.05, 0.1) is 5.56 Å². The summed E-state index contributed by atoms with van der Waals surface area (Å²) in [5.74, 6) is -0.383. The third-order valence-corrected chi connectivity index (χ3v) is 5.83. The van der Waals surface area contributed by atoms with Gasteiger partial charge >= 0.3 is 6.18 Å². The Balaban J connectivity index is 1.75. The van der Waals surface area contributed by atoms with Crippen molar-refractivity contribution in [3.05, 3.63) is 81.3 Å². The van der Waals surface area contributed by atoms with E-state index in [-0.39, 0.29) is 23.1 Å². The minimum Gasteiger partial charge on any atom is -0.347 e. The average molecular weight is 390 g/mol. The summed E-state index contributed by atoms with van der Waals surface area (Å²) >= 11 is 1.54. The van der Waals surface area contributed by atoms with Crippen molar-refractivity contribution < 1.29 is 18.0 Å². The Morgan fingerprint density at radius 3 is 2.67 bits per heavy atom. The van der Waals surface area contributed by atoms with Gasteiger partial charge in [0.1, 0.15) is 6.04 Å². The van der Waals surface area contributed by atoms with Gasteiger partial charge in [-0.25, -0.2) is 0 Å². The quantitative estimate of drug-likeness (QED) is 0.596. The van der Waals surface area contributed by atoms with Crippen LogP contribution in [0.1, 0.15) is 38.1 Å². The van der Waals surface area contributed by atoms with Crippen molar-refractivity contribution in [1.29, 1.82) is 0 Å². The Bertz CT molecular complexity index is 976. The molecule has 3 nitrogen and oxygen atoms in total. The van der Waals surface area contributed by atoms with E-state index < -0.39 is 11.7 Å². The van der Waals surface area contributed by atoms with Crippen LogP contribution in [0.4, 0.5) is 13.2 Å². The molecule has 1 aliphatic heterocycles. The van der Waals surface area contributed by atoms with E-state index in [4.69, 9.17) is 0 Å². The van der Waals surface area contributed by atoms with Gasteiger partial charge in [-0.2, -0.15) is 13.2 Å². The first-order valence-corrected chi connectivity index (χ1v) is 9.41. The number of aromatic nitrogens is 1. The highest BCUT2D eigenvalue weighted by atomic mass is 32.1. The molecule has 0 bridgehead atoms. The third-order valence-electron chi connectivity index (χ3n) is 4.90. The van der Waals surface area contributed by atoms with Crippen molar-refractivity contribution in [2.45, 2.75) is 25.7 Å². The molecule has 1 aromatic carbocycles. The SMILES string of the molecule is Cc1ccc(C(=O)N2CCn3cccc3[C@@H]2c2cccs2)cc1C(F)(F)F. The van der Waals surface area contributed by atoms with E-state index in [1.165, 1.54) is 30.4 Å². The number of nitrogens with zero attached hydrogens (tertiary/aromatic N) is 2. The van der Waals surface area contributed by atoms with Crippen LogP contribution in [0.2, 0.25) is 0 Å². The van der Waals surface area contributed by atoms with Gasteiger partial charge in [-0.15, -0.1) is 11.3 Å². The van der Waals surface area contributed by atoms with Crippen molar-refractivity contribution in [3.8, 4) is 0 Å². The van der Waals surface area contributed by atoms with Crippen LogP contribution in [0, 0.1) is 6.92 Å². The molecule has 1 aliphatic rings. The second-order valence-electron chi connectivity index (χ2n) is 6.57. The number of amides is 1. The molecule has 0 N–H and O–H groups in total. The second kappa shape index (κ2) is 6.56. The Hall–Kier alpha value is -2.54. The summed E-state index contributed by atoms with van der Waals surface area (Å²) in [6, 6.07) is 11.3. The molecule has 0 fully saturated rings. The van der Waals surface area contributed by atoms with Gasteiger partial charge in [-0.1, -0.05) is 12.1 Å². The molecule has 2 aromatic heterocycles. The maximum absolute atomic E-state index is 13.3. The van der Waals surface area contributed by atoms with Crippen LogP contribution in [0.15, 0.2) is 54.0 Å².